The second kappa shape index (κ2) is 9.61. The third kappa shape index (κ3) is 6.14. The predicted octanol–water partition coefficient (Wildman–Crippen LogP) is 4.38. The summed E-state index contributed by atoms with van der Waals surface area (Å²) in [5, 5.41) is -0.118. The Morgan fingerprint density at radius 1 is 1.47 bits per heavy atom. The quantitative estimate of drug-likeness (QED) is 0.325. The zero-order chi connectivity index (χ0) is 14.1. The van der Waals surface area contributed by atoms with Crippen LogP contribution in [0.3, 0.4) is 0 Å². The van der Waals surface area contributed by atoms with Gasteiger partial charge in [0.1, 0.15) is 12.2 Å². The van der Waals surface area contributed by atoms with Crippen LogP contribution in [0.1, 0.15) is 32.6 Å². The van der Waals surface area contributed by atoms with Crippen LogP contribution in [0.4, 0.5) is 0 Å². The Bertz CT molecular complexity index is 349. The molecule has 19 heavy (non-hydrogen) atoms. The van der Waals surface area contributed by atoms with Gasteiger partial charge in [-0.3, -0.25) is 0 Å². The SMILES string of the molecule is C#CC=CCC1OOC(C(Br)CC)CC=CCC1Cl. The minimum atomic E-state index is -0.187. The van der Waals surface area contributed by atoms with E-state index < -0.39 is 0 Å². The highest BCUT2D eigenvalue weighted by molar-refractivity contribution is 9.09. The first kappa shape index (κ1) is 16.8. The van der Waals surface area contributed by atoms with Gasteiger partial charge in [0.05, 0.1) is 5.38 Å². The molecule has 0 aromatic heterocycles. The summed E-state index contributed by atoms with van der Waals surface area (Å²) in [6.45, 7) is 2.11. The van der Waals surface area contributed by atoms with E-state index in [2.05, 4.69) is 40.9 Å². The summed E-state index contributed by atoms with van der Waals surface area (Å²) in [5.74, 6) is 2.46. The molecule has 0 saturated carbocycles. The van der Waals surface area contributed by atoms with E-state index in [1.807, 2.05) is 6.08 Å². The molecule has 0 spiro atoms. The molecule has 1 aliphatic heterocycles. The van der Waals surface area contributed by atoms with E-state index in [9.17, 15) is 0 Å². The van der Waals surface area contributed by atoms with Crippen molar-refractivity contribution < 1.29 is 9.78 Å². The summed E-state index contributed by atoms with van der Waals surface area (Å²) in [5.41, 5.74) is 0. The first-order valence-corrected chi connectivity index (χ1v) is 7.90. The molecule has 4 unspecified atom stereocenters. The Hall–Kier alpha value is -0.270. The van der Waals surface area contributed by atoms with Gasteiger partial charge in [0.25, 0.3) is 0 Å². The monoisotopic (exact) mass is 346 g/mol. The second-order valence-electron chi connectivity index (χ2n) is 4.46. The Balaban J connectivity index is 2.64. The van der Waals surface area contributed by atoms with E-state index in [0.717, 1.165) is 19.3 Å². The fourth-order valence-electron chi connectivity index (χ4n) is 1.78. The maximum Gasteiger partial charge on any atom is 0.113 e. The van der Waals surface area contributed by atoms with Crippen LogP contribution in [0.2, 0.25) is 0 Å². The van der Waals surface area contributed by atoms with E-state index in [-0.39, 0.29) is 22.4 Å². The molecule has 1 rings (SSSR count). The highest BCUT2D eigenvalue weighted by Gasteiger charge is 2.25. The predicted molar refractivity (Wildman–Crippen MR) is 83.4 cm³/mol. The smallest absolute Gasteiger partial charge is 0.113 e. The van der Waals surface area contributed by atoms with Crippen LogP contribution < -0.4 is 0 Å². The number of hydrogen-bond donors (Lipinski definition) is 0. The molecule has 1 aliphatic rings. The molecule has 0 aromatic carbocycles. The van der Waals surface area contributed by atoms with E-state index in [1.54, 1.807) is 6.08 Å². The Kier molecular flexibility index (Phi) is 8.48. The number of terminal acetylenes is 1. The minimum absolute atomic E-state index is 0.00216. The average Bonchev–Trinajstić information content (AvgIpc) is 2.50. The molecule has 4 atom stereocenters. The molecule has 0 saturated heterocycles. The van der Waals surface area contributed by atoms with Crippen LogP contribution in [-0.4, -0.2) is 22.4 Å². The van der Waals surface area contributed by atoms with Crippen molar-refractivity contribution in [2.75, 3.05) is 0 Å². The third-order valence-electron chi connectivity index (χ3n) is 2.98. The van der Waals surface area contributed by atoms with Crippen LogP contribution in [0, 0.1) is 12.3 Å². The first-order chi connectivity index (χ1) is 9.19. The van der Waals surface area contributed by atoms with E-state index in [0.29, 0.717) is 6.42 Å². The Labute approximate surface area is 129 Å². The second-order valence-corrected chi connectivity index (χ2v) is 6.19. The van der Waals surface area contributed by atoms with Crippen molar-refractivity contribution in [2.45, 2.75) is 55.0 Å². The summed E-state index contributed by atoms with van der Waals surface area (Å²) in [6.07, 6.45) is 16.0. The lowest BCUT2D eigenvalue weighted by Gasteiger charge is -2.23. The number of halogens is 2. The van der Waals surface area contributed by atoms with Gasteiger partial charge in [-0.05, 0) is 31.8 Å². The van der Waals surface area contributed by atoms with Crippen LogP contribution in [0.25, 0.3) is 0 Å². The minimum Gasteiger partial charge on any atom is -0.232 e. The molecular formula is C15H20BrClO2. The molecule has 106 valence electrons. The lowest BCUT2D eigenvalue weighted by atomic mass is 10.1. The van der Waals surface area contributed by atoms with Crippen molar-refractivity contribution in [1.82, 2.24) is 0 Å². The van der Waals surface area contributed by atoms with E-state index in [1.165, 1.54) is 0 Å². The molecule has 0 aliphatic carbocycles. The molecule has 0 N–H and O–H groups in total. The van der Waals surface area contributed by atoms with E-state index >= 15 is 0 Å². The molecule has 0 amide bonds. The molecule has 0 fully saturated rings. The highest BCUT2D eigenvalue weighted by Crippen LogP contribution is 2.24. The lowest BCUT2D eigenvalue weighted by Crippen LogP contribution is -2.29. The van der Waals surface area contributed by atoms with Crippen molar-refractivity contribution in [2.24, 2.45) is 0 Å². The zero-order valence-electron chi connectivity index (χ0n) is 11.1. The number of allylic oxidation sites excluding steroid dienone is 2. The van der Waals surface area contributed by atoms with E-state index in [4.69, 9.17) is 27.8 Å². The fraction of sp³-hybridized carbons (Fsp3) is 0.600. The zero-order valence-corrected chi connectivity index (χ0v) is 13.4. The van der Waals surface area contributed by atoms with Gasteiger partial charge in [-0.25, -0.2) is 9.78 Å². The molecule has 0 aromatic rings. The van der Waals surface area contributed by atoms with Crippen LogP contribution in [0.15, 0.2) is 24.3 Å². The molecule has 1 heterocycles. The molecule has 0 radical (unpaired) electrons. The summed E-state index contributed by atoms with van der Waals surface area (Å²) in [4.78, 5) is 11.4. The molecule has 2 nitrogen and oxygen atoms in total. The Morgan fingerprint density at radius 2 is 2.21 bits per heavy atom. The maximum absolute atomic E-state index is 6.32. The summed E-state index contributed by atoms with van der Waals surface area (Å²) in [7, 11) is 0. The van der Waals surface area contributed by atoms with Crippen LogP contribution in [0.5, 0.6) is 0 Å². The van der Waals surface area contributed by atoms with Crippen LogP contribution in [-0.2, 0) is 9.78 Å². The number of hydrogen-bond acceptors (Lipinski definition) is 2. The van der Waals surface area contributed by atoms with Gasteiger partial charge in [0.2, 0.25) is 0 Å². The standard InChI is InChI=1S/C15H20BrClO2/c1-3-5-6-11-15-13(17)9-7-8-10-14(18-19-15)12(16)4-2/h1,5-8,12-15H,4,9-11H2,2H3. The van der Waals surface area contributed by atoms with Gasteiger partial charge in [0.15, 0.2) is 0 Å². The van der Waals surface area contributed by atoms with Gasteiger partial charge in [-0.2, -0.15) is 0 Å². The average molecular weight is 348 g/mol. The topological polar surface area (TPSA) is 18.5 Å². The summed E-state index contributed by atoms with van der Waals surface area (Å²) < 4.78 is 0. The van der Waals surface area contributed by atoms with Gasteiger partial charge in [0, 0.05) is 4.83 Å². The van der Waals surface area contributed by atoms with Crippen molar-refractivity contribution in [1.29, 1.82) is 0 Å². The van der Waals surface area contributed by atoms with Crippen molar-refractivity contribution in [3.8, 4) is 12.3 Å². The van der Waals surface area contributed by atoms with Crippen molar-refractivity contribution in [3.05, 3.63) is 24.3 Å². The van der Waals surface area contributed by atoms with Crippen LogP contribution >= 0.6 is 27.5 Å². The third-order valence-corrected chi connectivity index (χ3v) is 4.67. The van der Waals surface area contributed by atoms with Crippen molar-refractivity contribution in [3.63, 3.8) is 0 Å². The van der Waals surface area contributed by atoms with Crippen molar-refractivity contribution >= 4 is 27.5 Å². The maximum atomic E-state index is 6.32. The normalized spacial score (nSPS) is 30.3. The summed E-state index contributed by atoms with van der Waals surface area (Å²) in [6, 6.07) is 0. The molecule has 4 heteroatoms. The fourth-order valence-corrected chi connectivity index (χ4v) is 2.33. The van der Waals surface area contributed by atoms with Gasteiger partial charge < -0.3 is 0 Å². The van der Waals surface area contributed by atoms with Gasteiger partial charge in [-0.15, -0.1) is 18.0 Å². The molecular weight excluding hydrogens is 328 g/mol. The number of rotatable bonds is 4. The summed E-state index contributed by atoms with van der Waals surface area (Å²) >= 11 is 9.93. The lowest BCUT2D eigenvalue weighted by molar-refractivity contribution is -0.348. The van der Waals surface area contributed by atoms with Gasteiger partial charge in [-0.1, -0.05) is 47.0 Å². The highest BCUT2D eigenvalue weighted by atomic mass is 79.9. The Morgan fingerprint density at radius 3 is 2.89 bits per heavy atom. The first-order valence-electron chi connectivity index (χ1n) is 6.55. The number of alkyl halides is 2. The largest absolute Gasteiger partial charge is 0.232 e. The van der Waals surface area contributed by atoms with Gasteiger partial charge >= 0.3 is 0 Å². The molecule has 0 bridgehead atoms.